The summed E-state index contributed by atoms with van der Waals surface area (Å²) in [4.78, 5) is 22.6. The van der Waals surface area contributed by atoms with Crippen molar-refractivity contribution in [2.45, 2.75) is 6.92 Å². The van der Waals surface area contributed by atoms with Gasteiger partial charge in [0.05, 0.1) is 30.4 Å². The molecule has 0 aliphatic rings. The Morgan fingerprint density at radius 1 is 1.50 bits per heavy atom. The number of halogens is 1. The van der Waals surface area contributed by atoms with E-state index in [0.29, 0.717) is 0 Å². The van der Waals surface area contributed by atoms with Gasteiger partial charge in [-0.3, -0.25) is 14.9 Å². The zero-order valence-corrected chi connectivity index (χ0v) is 11.4. The van der Waals surface area contributed by atoms with Crippen molar-refractivity contribution in [1.29, 1.82) is 0 Å². The summed E-state index contributed by atoms with van der Waals surface area (Å²) in [7, 11) is 2.72. The summed E-state index contributed by atoms with van der Waals surface area (Å²) >= 11 is 0. The molecule has 0 bridgehead atoms. The molecule has 0 aliphatic carbocycles. The van der Waals surface area contributed by atoms with E-state index in [0.717, 1.165) is 6.07 Å². The van der Waals surface area contributed by atoms with Gasteiger partial charge < -0.3 is 14.4 Å². The minimum Gasteiger partial charge on any atom is -0.490 e. The summed E-state index contributed by atoms with van der Waals surface area (Å²) in [6.07, 6.45) is 0. The van der Waals surface area contributed by atoms with Crippen molar-refractivity contribution in [2.75, 3.05) is 32.2 Å². The molecule has 0 N–H and O–H groups in total. The number of ether oxygens (including phenoxy) is 2. The second-order valence-corrected chi connectivity index (χ2v) is 3.89. The number of methoxy groups -OCH3 is 1. The van der Waals surface area contributed by atoms with Crippen LogP contribution in [0.3, 0.4) is 0 Å². The number of rotatable bonds is 6. The summed E-state index contributed by atoms with van der Waals surface area (Å²) in [5.74, 6) is -1.42. The summed E-state index contributed by atoms with van der Waals surface area (Å²) in [6.45, 7) is 1.71. The summed E-state index contributed by atoms with van der Waals surface area (Å²) in [6, 6.07) is 1.93. The van der Waals surface area contributed by atoms with Crippen molar-refractivity contribution >= 4 is 17.3 Å². The van der Waals surface area contributed by atoms with Gasteiger partial charge in [0.25, 0.3) is 0 Å². The van der Waals surface area contributed by atoms with Gasteiger partial charge in [-0.2, -0.15) is 0 Å². The summed E-state index contributed by atoms with van der Waals surface area (Å²) < 4.78 is 23.5. The Morgan fingerprint density at radius 2 is 2.15 bits per heavy atom. The number of anilines is 1. The molecule has 0 saturated heterocycles. The number of nitro groups is 1. The lowest BCUT2D eigenvalue weighted by molar-refractivity contribution is -0.385. The van der Waals surface area contributed by atoms with E-state index in [1.807, 2.05) is 0 Å². The van der Waals surface area contributed by atoms with Crippen molar-refractivity contribution in [3.63, 3.8) is 0 Å². The number of carbonyl (C=O) groups is 1. The normalized spacial score (nSPS) is 10.0. The van der Waals surface area contributed by atoms with E-state index in [9.17, 15) is 19.3 Å². The molecule has 8 heteroatoms. The predicted octanol–water partition coefficient (Wildman–Crippen LogP) is 1.74. The highest BCUT2D eigenvalue weighted by molar-refractivity contribution is 5.76. The molecule has 0 radical (unpaired) electrons. The van der Waals surface area contributed by atoms with Gasteiger partial charge in [0.15, 0.2) is 11.6 Å². The fraction of sp³-hybridized carbons (Fsp3) is 0.417. The Kier molecular flexibility index (Phi) is 5.24. The predicted molar refractivity (Wildman–Crippen MR) is 69.5 cm³/mol. The molecule has 0 saturated carbocycles. The van der Waals surface area contributed by atoms with Crippen LogP contribution < -0.4 is 9.64 Å². The molecule has 0 unspecified atom stereocenters. The fourth-order valence-electron chi connectivity index (χ4n) is 1.62. The average molecular weight is 286 g/mol. The van der Waals surface area contributed by atoms with Crippen LogP contribution in [0.5, 0.6) is 5.75 Å². The van der Waals surface area contributed by atoms with Crippen LogP contribution in [0.25, 0.3) is 0 Å². The molecule has 0 aliphatic heterocycles. The van der Waals surface area contributed by atoms with Crippen molar-refractivity contribution in [3.05, 3.63) is 28.1 Å². The first-order valence-corrected chi connectivity index (χ1v) is 5.79. The quantitative estimate of drug-likeness (QED) is 0.450. The van der Waals surface area contributed by atoms with Crippen LogP contribution in [0.4, 0.5) is 15.8 Å². The van der Waals surface area contributed by atoms with Crippen LogP contribution in [0, 0.1) is 15.9 Å². The highest BCUT2D eigenvalue weighted by Crippen LogP contribution is 2.33. The molecule has 7 nitrogen and oxygen atoms in total. The van der Waals surface area contributed by atoms with Gasteiger partial charge >= 0.3 is 11.7 Å². The van der Waals surface area contributed by atoms with Gasteiger partial charge in [-0.25, -0.2) is 4.39 Å². The largest absolute Gasteiger partial charge is 0.490 e. The molecule has 0 atom stereocenters. The van der Waals surface area contributed by atoms with E-state index < -0.39 is 22.4 Å². The molecule has 110 valence electrons. The number of hydrogen-bond donors (Lipinski definition) is 0. The SMILES string of the molecule is CCOC(=O)CN(C)c1cc(OC)c([N+](=O)[O-])cc1F. The lowest BCUT2D eigenvalue weighted by atomic mass is 10.2. The van der Waals surface area contributed by atoms with Gasteiger partial charge in [-0.05, 0) is 6.92 Å². The Balaban J connectivity index is 3.06. The first-order chi connectivity index (χ1) is 9.40. The molecule has 0 spiro atoms. The standard InChI is InChI=1S/C12H15FN2O5/c1-4-20-12(16)7-14(2)9-6-11(19-3)10(15(17)18)5-8(9)13/h5-6H,4,7H2,1-3H3. The molecule has 1 aromatic rings. The van der Waals surface area contributed by atoms with Crippen molar-refractivity contribution in [1.82, 2.24) is 0 Å². The van der Waals surface area contributed by atoms with Crippen LogP contribution in [0.2, 0.25) is 0 Å². The maximum Gasteiger partial charge on any atom is 0.325 e. The fourth-order valence-corrected chi connectivity index (χ4v) is 1.62. The Bertz CT molecular complexity index is 521. The van der Waals surface area contributed by atoms with Crippen molar-refractivity contribution in [3.8, 4) is 5.75 Å². The zero-order chi connectivity index (χ0) is 15.3. The van der Waals surface area contributed by atoms with Gasteiger partial charge in [-0.1, -0.05) is 0 Å². The number of hydrogen-bond acceptors (Lipinski definition) is 6. The minimum atomic E-state index is -0.815. The van der Waals surface area contributed by atoms with Crippen LogP contribution in [-0.2, 0) is 9.53 Å². The lowest BCUT2D eigenvalue weighted by Crippen LogP contribution is -2.27. The van der Waals surface area contributed by atoms with E-state index in [4.69, 9.17) is 9.47 Å². The molecule has 20 heavy (non-hydrogen) atoms. The Labute approximate surface area is 115 Å². The summed E-state index contributed by atoms with van der Waals surface area (Å²) in [5, 5.41) is 10.7. The maximum absolute atomic E-state index is 13.9. The van der Waals surface area contributed by atoms with Crippen LogP contribution in [0.1, 0.15) is 6.92 Å². The molecular weight excluding hydrogens is 271 g/mol. The molecule has 0 heterocycles. The van der Waals surface area contributed by atoms with Gasteiger partial charge in [0.2, 0.25) is 0 Å². The number of likely N-dealkylation sites (N-methyl/N-ethyl adjacent to an activating group) is 1. The third-order valence-corrected chi connectivity index (χ3v) is 2.53. The number of esters is 1. The number of nitrogens with zero attached hydrogens (tertiary/aromatic N) is 2. The Morgan fingerprint density at radius 3 is 2.65 bits per heavy atom. The van der Waals surface area contributed by atoms with Gasteiger partial charge in [0, 0.05) is 13.1 Å². The van der Waals surface area contributed by atoms with Crippen LogP contribution >= 0.6 is 0 Å². The number of nitro benzene ring substituents is 1. The van der Waals surface area contributed by atoms with Crippen molar-refractivity contribution < 1.29 is 23.6 Å². The molecule has 0 amide bonds. The second kappa shape index (κ2) is 6.69. The van der Waals surface area contributed by atoms with E-state index >= 15 is 0 Å². The smallest absolute Gasteiger partial charge is 0.325 e. The first kappa shape index (κ1) is 15.7. The highest BCUT2D eigenvalue weighted by Gasteiger charge is 2.21. The lowest BCUT2D eigenvalue weighted by Gasteiger charge is -2.19. The second-order valence-electron chi connectivity index (χ2n) is 3.89. The Hall–Kier alpha value is -2.38. The number of benzene rings is 1. The minimum absolute atomic E-state index is 0.0144. The molecule has 0 fully saturated rings. The third kappa shape index (κ3) is 3.56. The zero-order valence-electron chi connectivity index (χ0n) is 11.4. The third-order valence-electron chi connectivity index (χ3n) is 2.53. The van der Waals surface area contributed by atoms with Crippen LogP contribution in [0.15, 0.2) is 12.1 Å². The molecule has 1 rings (SSSR count). The first-order valence-electron chi connectivity index (χ1n) is 5.79. The number of carbonyl (C=O) groups excluding carboxylic acids is 1. The van der Waals surface area contributed by atoms with Gasteiger partial charge in [0.1, 0.15) is 6.54 Å². The average Bonchev–Trinajstić information content (AvgIpc) is 2.38. The van der Waals surface area contributed by atoms with Gasteiger partial charge in [-0.15, -0.1) is 0 Å². The topological polar surface area (TPSA) is 81.9 Å². The van der Waals surface area contributed by atoms with E-state index in [-0.39, 0.29) is 24.6 Å². The van der Waals surface area contributed by atoms with E-state index in [2.05, 4.69) is 0 Å². The van der Waals surface area contributed by atoms with E-state index in [1.165, 1.54) is 25.1 Å². The maximum atomic E-state index is 13.9. The molecule has 0 aromatic heterocycles. The highest BCUT2D eigenvalue weighted by atomic mass is 19.1. The monoisotopic (exact) mass is 286 g/mol. The summed E-state index contributed by atoms with van der Waals surface area (Å²) in [5.41, 5.74) is -0.459. The molecular formula is C12H15FN2O5. The van der Waals surface area contributed by atoms with E-state index in [1.54, 1.807) is 6.92 Å². The molecule has 1 aromatic carbocycles. The van der Waals surface area contributed by atoms with Crippen molar-refractivity contribution in [2.24, 2.45) is 0 Å². The van der Waals surface area contributed by atoms with Crippen LogP contribution in [-0.4, -0.2) is 38.2 Å².